The van der Waals surface area contributed by atoms with Crippen molar-refractivity contribution >= 4 is 0 Å². The van der Waals surface area contributed by atoms with Crippen molar-refractivity contribution in [3.05, 3.63) is 35.6 Å². The van der Waals surface area contributed by atoms with E-state index in [0.717, 1.165) is 19.3 Å². The lowest BCUT2D eigenvalue weighted by atomic mass is 9.70. The molecule has 2 heteroatoms. The molecule has 0 radical (unpaired) electrons. The van der Waals surface area contributed by atoms with Gasteiger partial charge < -0.3 is 5.11 Å². The fourth-order valence-electron chi connectivity index (χ4n) is 2.99. The summed E-state index contributed by atoms with van der Waals surface area (Å²) < 4.78 is 13.1. The van der Waals surface area contributed by atoms with Crippen molar-refractivity contribution in [1.82, 2.24) is 0 Å². The van der Waals surface area contributed by atoms with Gasteiger partial charge in [-0.1, -0.05) is 32.4 Å². The Morgan fingerprint density at radius 3 is 2.82 bits per heavy atom. The van der Waals surface area contributed by atoms with Crippen LogP contribution in [-0.2, 0) is 0 Å². The highest BCUT2D eigenvalue weighted by Gasteiger charge is 2.32. The van der Waals surface area contributed by atoms with Gasteiger partial charge in [-0.15, -0.1) is 0 Å². The Morgan fingerprint density at radius 2 is 2.18 bits per heavy atom. The molecule has 1 N–H and O–H groups in total. The lowest BCUT2D eigenvalue weighted by Crippen LogP contribution is -2.26. The van der Waals surface area contributed by atoms with Crippen LogP contribution in [0, 0.1) is 17.2 Å². The Bertz CT molecular complexity index is 386. The van der Waals surface area contributed by atoms with E-state index in [-0.39, 0.29) is 11.7 Å². The third-order valence-corrected chi connectivity index (χ3v) is 3.88. The van der Waals surface area contributed by atoms with Crippen LogP contribution in [-0.4, -0.2) is 5.11 Å². The molecule has 1 saturated carbocycles. The molecule has 1 fully saturated rings. The van der Waals surface area contributed by atoms with Gasteiger partial charge in [-0.25, -0.2) is 4.39 Å². The van der Waals surface area contributed by atoms with Crippen molar-refractivity contribution in [3.63, 3.8) is 0 Å². The number of benzene rings is 1. The molecule has 0 amide bonds. The maximum Gasteiger partial charge on any atom is 0.123 e. The second kappa shape index (κ2) is 4.77. The third-order valence-electron chi connectivity index (χ3n) is 3.88. The highest BCUT2D eigenvalue weighted by molar-refractivity contribution is 5.19. The first-order valence-electron chi connectivity index (χ1n) is 6.41. The first kappa shape index (κ1) is 12.6. The van der Waals surface area contributed by atoms with Gasteiger partial charge in [0, 0.05) is 0 Å². The fraction of sp³-hybridized carbons (Fsp3) is 0.600. The summed E-state index contributed by atoms with van der Waals surface area (Å²) >= 11 is 0. The highest BCUT2D eigenvalue weighted by Crippen LogP contribution is 2.43. The molecule has 1 aromatic carbocycles. The van der Waals surface area contributed by atoms with Crippen molar-refractivity contribution in [2.24, 2.45) is 11.3 Å². The second-order valence-electron chi connectivity index (χ2n) is 6.02. The summed E-state index contributed by atoms with van der Waals surface area (Å²) in [5, 5.41) is 10.3. The van der Waals surface area contributed by atoms with Gasteiger partial charge in [0.2, 0.25) is 0 Å². The Hall–Kier alpha value is -0.890. The van der Waals surface area contributed by atoms with Gasteiger partial charge >= 0.3 is 0 Å². The highest BCUT2D eigenvalue weighted by atomic mass is 19.1. The molecule has 0 bridgehead atoms. The minimum absolute atomic E-state index is 0.264. The van der Waals surface area contributed by atoms with Gasteiger partial charge in [-0.2, -0.15) is 0 Å². The quantitative estimate of drug-likeness (QED) is 0.820. The zero-order valence-electron chi connectivity index (χ0n) is 10.6. The van der Waals surface area contributed by atoms with E-state index in [1.54, 1.807) is 6.07 Å². The van der Waals surface area contributed by atoms with Crippen LogP contribution in [0.4, 0.5) is 4.39 Å². The predicted molar refractivity (Wildman–Crippen MR) is 67.1 cm³/mol. The van der Waals surface area contributed by atoms with E-state index in [0.29, 0.717) is 11.0 Å². The molecule has 17 heavy (non-hydrogen) atoms. The van der Waals surface area contributed by atoms with E-state index in [1.165, 1.54) is 18.6 Å². The van der Waals surface area contributed by atoms with Crippen LogP contribution in [0.3, 0.4) is 0 Å². The number of aliphatic hydroxyl groups is 1. The van der Waals surface area contributed by atoms with Crippen LogP contribution < -0.4 is 0 Å². The molecular formula is C15H21FO. The van der Waals surface area contributed by atoms with Crippen molar-refractivity contribution in [2.45, 2.75) is 45.6 Å². The van der Waals surface area contributed by atoms with Crippen LogP contribution in [0.15, 0.2) is 24.3 Å². The molecule has 94 valence electrons. The minimum atomic E-state index is -0.523. The summed E-state index contributed by atoms with van der Waals surface area (Å²) in [5.74, 6) is -0.00262. The SMILES string of the molecule is CC1(C)CCC[C@@H]([C@H](O)c2cccc(F)c2)C1. The molecule has 1 aromatic rings. The van der Waals surface area contributed by atoms with Crippen LogP contribution in [0.2, 0.25) is 0 Å². The lowest BCUT2D eigenvalue weighted by Gasteiger charge is -2.37. The molecule has 0 aliphatic heterocycles. The number of hydrogen-bond donors (Lipinski definition) is 1. The summed E-state index contributed by atoms with van der Waals surface area (Å²) in [6.07, 6.45) is 3.92. The molecule has 1 aliphatic carbocycles. The molecule has 0 spiro atoms. The number of halogens is 1. The summed E-state index contributed by atoms with van der Waals surface area (Å²) in [5.41, 5.74) is 1.02. The largest absolute Gasteiger partial charge is 0.388 e. The monoisotopic (exact) mass is 236 g/mol. The van der Waals surface area contributed by atoms with Gasteiger partial charge in [0.05, 0.1) is 6.10 Å². The Balaban J connectivity index is 2.12. The number of hydrogen-bond acceptors (Lipinski definition) is 1. The van der Waals surface area contributed by atoms with Gasteiger partial charge in [-0.05, 0) is 48.3 Å². The maximum absolute atomic E-state index is 13.1. The predicted octanol–water partition coefficient (Wildman–Crippen LogP) is 4.08. The zero-order chi connectivity index (χ0) is 12.5. The van der Waals surface area contributed by atoms with Crippen LogP contribution in [0.25, 0.3) is 0 Å². The fourth-order valence-corrected chi connectivity index (χ4v) is 2.99. The minimum Gasteiger partial charge on any atom is -0.388 e. The van der Waals surface area contributed by atoms with Gasteiger partial charge in [-0.3, -0.25) is 0 Å². The summed E-state index contributed by atoms with van der Waals surface area (Å²) in [7, 11) is 0. The van der Waals surface area contributed by atoms with Crippen LogP contribution in [0.1, 0.15) is 51.2 Å². The van der Waals surface area contributed by atoms with Gasteiger partial charge in [0.15, 0.2) is 0 Å². The van der Waals surface area contributed by atoms with Gasteiger partial charge in [0.1, 0.15) is 5.82 Å². The standard InChI is InChI=1S/C15H21FO/c1-15(2)8-4-6-12(10-15)14(17)11-5-3-7-13(16)9-11/h3,5,7,9,12,14,17H,4,6,8,10H2,1-2H3/t12-,14-/m1/s1. The van der Waals surface area contributed by atoms with E-state index in [2.05, 4.69) is 13.8 Å². The Labute approximate surface area is 103 Å². The Morgan fingerprint density at radius 1 is 1.41 bits per heavy atom. The van der Waals surface area contributed by atoms with Gasteiger partial charge in [0.25, 0.3) is 0 Å². The second-order valence-corrected chi connectivity index (χ2v) is 6.02. The van der Waals surface area contributed by atoms with E-state index < -0.39 is 6.10 Å². The molecule has 0 aromatic heterocycles. The molecular weight excluding hydrogens is 215 g/mol. The number of rotatable bonds is 2. The molecule has 1 aliphatic rings. The van der Waals surface area contributed by atoms with E-state index in [1.807, 2.05) is 6.07 Å². The molecule has 1 nitrogen and oxygen atoms in total. The Kier molecular flexibility index (Phi) is 3.53. The molecule has 2 atom stereocenters. The van der Waals surface area contributed by atoms with Crippen molar-refractivity contribution in [3.8, 4) is 0 Å². The molecule has 0 heterocycles. The van der Waals surface area contributed by atoms with Crippen molar-refractivity contribution < 1.29 is 9.50 Å². The van der Waals surface area contributed by atoms with Crippen LogP contribution >= 0.6 is 0 Å². The van der Waals surface area contributed by atoms with Crippen molar-refractivity contribution in [2.75, 3.05) is 0 Å². The molecule has 0 unspecified atom stereocenters. The van der Waals surface area contributed by atoms with E-state index in [9.17, 15) is 9.50 Å². The third kappa shape index (κ3) is 3.06. The topological polar surface area (TPSA) is 20.2 Å². The maximum atomic E-state index is 13.1. The zero-order valence-corrected chi connectivity index (χ0v) is 10.6. The molecule has 2 rings (SSSR count). The van der Waals surface area contributed by atoms with Crippen molar-refractivity contribution in [1.29, 1.82) is 0 Å². The lowest BCUT2D eigenvalue weighted by molar-refractivity contribution is 0.0458. The average Bonchev–Trinajstić information content (AvgIpc) is 2.26. The smallest absolute Gasteiger partial charge is 0.123 e. The van der Waals surface area contributed by atoms with E-state index in [4.69, 9.17) is 0 Å². The molecule has 0 saturated heterocycles. The summed E-state index contributed by atoms with van der Waals surface area (Å²) in [6.45, 7) is 4.49. The van der Waals surface area contributed by atoms with E-state index >= 15 is 0 Å². The summed E-state index contributed by atoms with van der Waals surface area (Å²) in [6, 6.07) is 6.35. The normalized spacial score (nSPS) is 25.5. The average molecular weight is 236 g/mol. The van der Waals surface area contributed by atoms with Crippen LogP contribution in [0.5, 0.6) is 0 Å². The first-order valence-corrected chi connectivity index (χ1v) is 6.41. The first-order chi connectivity index (χ1) is 7.98. The summed E-state index contributed by atoms with van der Waals surface area (Å²) in [4.78, 5) is 0. The number of aliphatic hydroxyl groups excluding tert-OH is 1.